The first-order valence-electron chi connectivity index (χ1n) is 6.27. The highest BCUT2D eigenvalue weighted by atomic mass is 19.2. The third-order valence-corrected chi connectivity index (χ3v) is 2.90. The Balaban J connectivity index is 1.93. The van der Waals surface area contributed by atoms with Gasteiger partial charge in [-0.3, -0.25) is 11.3 Å². The number of nitrogens with two attached hydrogens (primary N) is 1. The van der Waals surface area contributed by atoms with E-state index in [0.29, 0.717) is 18.6 Å². The second-order valence-corrected chi connectivity index (χ2v) is 4.44. The Morgan fingerprint density at radius 1 is 1.05 bits per heavy atom. The summed E-state index contributed by atoms with van der Waals surface area (Å²) in [5.74, 6) is 4.48. The van der Waals surface area contributed by atoms with Crippen molar-refractivity contribution in [1.29, 1.82) is 0 Å². The van der Waals surface area contributed by atoms with Crippen LogP contribution in [0.1, 0.15) is 5.56 Å². The van der Waals surface area contributed by atoms with Gasteiger partial charge in [-0.15, -0.1) is 0 Å². The summed E-state index contributed by atoms with van der Waals surface area (Å²) in [5, 5.41) is 0. The Morgan fingerprint density at radius 2 is 1.80 bits per heavy atom. The molecule has 3 nitrogen and oxygen atoms in total. The van der Waals surface area contributed by atoms with Gasteiger partial charge in [0.2, 0.25) is 0 Å². The van der Waals surface area contributed by atoms with Crippen LogP contribution in [0.5, 0.6) is 5.75 Å². The maximum atomic E-state index is 13.1. The van der Waals surface area contributed by atoms with Crippen molar-refractivity contribution in [2.75, 3.05) is 6.61 Å². The lowest BCUT2D eigenvalue weighted by molar-refractivity contribution is 0.264. The summed E-state index contributed by atoms with van der Waals surface area (Å²) in [6.45, 7) is 0.333. The smallest absolute Gasteiger partial charge is 0.159 e. The van der Waals surface area contributed by atoms with Crippen LogP contribution in [-0.2, 0) is 6.42 Å². The maximum absolute atomic E-state index is 13.1. The quantitative estimate of drug-likeness (QED) is 0.630. The molecule has 0 aliphatic rings. The molecule has 106 valence electrons. The standard InChI is InChI=1S/C15H16F2N2O/c16-14-7-6-11(9-15(14)17)8-12(19-18)10-20-13-4-2-1-3-5-13/h1-7,9,12,19H,8,10,18H2. The van der Waals surface area contributed by atoms with E-state index < -0.39 is 11.6 Å². The van der Waals surface area contributed by atoms with Crippen molar-refractivity contribution >= 4 is 0 Å². The lowest BCUT2D eigenvalue weighted by Gasteiger charge is -2.17. The maximum Gasteiger partial charge on any atom is 0.159 e. The molecular formula is C15H16F2N2O. The molecule has 0 aliphatic carbocycles. The fourth-order valence-electron chi connectivity index (χ4n) is 1.83. The number of nitrogens with one attached hydrogen (secondary N) is 1. The van der Waals surface area contributed by atoms with E-state index in [1.54, 1.807) is 0 Å². The van der Waals surface area contributed by atoms with Crippen molar-refractivity contribution in [1.82, 2.24) is 5.43 Å². The van der Waals surface area contributed by atoms with Crippen molar-refractivity contribution in [3.05, 3.63) is 65.7 Å². The molecule has 0 radical (unpaired) electrons. The summed E-state index contributed by atoms with van der Waals surface area (Å²) in [4.78, 5) is 0. The van der Waals surface area contributed by atoms with E-state index >= 15 is 0 Å². The molecule has 2 aromatic rings. The van der Waals surface area contributed by atoms with Crippen LogP contribution >= 0.6 is 0 Å². The number of hydrogen-bond donors (Lipinski definition) is 2. The molecule has 0 aromatic heterocycles. The normalized spacial score (nSPS) is 12.2. The Bertz CT molecular complexity index is 549. The van der Waals surface area contributed by atoms with Crippen LogP contribution < -0.4 is 16.0 Å². The van der Waals surface area contributed by atoms with Gasteiger partial charge in [0, 0.05) is 0 Å². The summed E-state index contributed by atoms with van der Waals surface area (Å²) in [5.41, 5.74) is 3.27. The zero-order chi connectivity index (χ0) is 14.4. The van der Waals surface area contributed by atoms with E-state index in [-0.39, 0.29) is 6.04 Å². The number of hydrogen-bond acceptors (Lipinski definition) is 3. The highest BCUT2D eigenvalue weighted by Crippen LogP contribution is 2.12. The number of hydrazine groups is 1. The number of para-hydroxylation sites is 1. The highest BCUT2D eigenvalue weighted by Gasteiger charge is 2.11. The molecule has 20 heavy (non-hydrogen) atoms. The first-order chi connectivity index (χ1) is 9.69. The molecule has 3 N–H and O–H groups in total. The third kappa shape index (κ3) is 4.01. The van der Waals surface area contributed by atoms with Crippen LogP contribution in [0.25, 0.3) is 0 Å². The third-order valence-electron chi connectivity index (χ3n) is 2.90. The molecule has 0 fully saturated rings. The minimum atomic E-state index is -0.859. The summed E-state index contributed by atoms with van der Waals surface area (Å²) in [6, 6.07) is 12.9. The van der Waals surface area contributed by atoms with E-state index in [9.17, 15) is 8.78 Å². The van der Waals surface area contributed by atoms with E-state index in [0.717, 1.165) is 11.8 Å². The number of rotatable bonds is 6. The topological polar surface area (TPSA) is 47.3 Å². The second-order valence-electron chi connectivity index (χ2n) is 4.44. The SMILES string of the molecule is NNC(COc1ccccc1)Cc1ccc(F)c(F)c1. The largest absolute Gasteiger partial charge is 0.492 e. The van der Waals surface area contributed by atoms with Crippen LogP contribution in [0.15, 0.2) is 48.5 Å². The molecule has 0 heterocycles. The molecule has 0 amide bonds. The molecule has 0 spiro atoms. The van der Waals surface area contributed by atoms with Crippen molar-refractivity contribution in [2.24, 2.45) is 5.84 Å². The van der Waals surface area contributed by atoms with Gasteiger partial charge in [-0.1, -0.05) is 24.3 Å². The van der Waals surface area contributed by atoms with Crippen LogP contribution in [0.3, 0.4) is 0 Å². The molecule has 2 aromatic carbocycles. The van der Waals surface area contributed by atoms with Crippen LogP contribution in [0.4, 0.5) is 8.78 Å². The van der Waals surface area contributed by atoms with E-state index in [4.69, 9.17) is 10.6 Å². The Labute approximate surface area is 116 Å². The molecule has 0 saturated heterocycles. The van der Waals surface area contributed by atoms with Crippen molar-refractivity contribution < 1.29 is 13.5 Å². The lowest BCUT2D eigenvalue weighted by atomic mass is 10.1. The fraction of sp³-hybridized carbons (Fsp3) is 0.200. The summed E-state index contributed by atoms with van der Waals surface area (Å²) in [6.07, 6.45) is 0.445. The number of halogens is 2. The number of ether oxygens (including phenoxy) is 1. The van der Waals surface area contributed by atoms with Crippen LogP contribution in [0, 0.1) is 11.6 Å². The zero-order valence-electron chi connectivity index (χ0n) is 10.9. The van der Waals surface area contributed by atoms with Gasteiger partial charge >= 0.3 is 0 Å². The van der Waals surface area contributed by atoms with E-state index in [2.05, 4.69) is 5.43 Å². The van der Waals surface area contributed by atoms with Gasteiger partial charge in [-0.25, -0.2) is 8.78 Å². The van der Waals surface area contributed by atoms with E-state index in [1.807, 2.05) is 30.3 Å². The minimum Gasteiger partial charge on any atom is -0.492 e. The molecule has 2 rings (SSSR count). The Morgan fingerprint density at radius 3 is 2.45 bits per heavy atom. The van der Waals surface area contributed by atoms with Gasteiger partial charge in [-0.2, -0.15) is 0 Å². The highest BCUT2D eigenvalue weighted by molar-refractivity contribution is 5.21. The molecule has 1 unspecified atom stereocenters. The predicted molar refractivity (Wildman–Crippen MR) is 73.1 cm³/mol. The van der Waals surface area contributed by atoms with Crippen LogP contribution in [0.2, 0.25) is 0 Å². The monoisotopic (exact) mass is 278 g/mol. The van der Waals surface area contributed by atoms with Gasteiger partial charge in [0.1, 0.15) is 12.4 Å². The van der Waals surface area contributed by atoms with Gasteiger partial charge in [0.05, 0.1) is 6.04 Å². The first-order valence-corrected chi connectivity index (χ1v) is 6.27. The van der Waals surface area contributed by atoms with E-state index in [1.165, 1.54) is 12.1 Å². The average Bonchev–Trinajstić information content (AvgIpc) is 2.48. The number of benzene rings is 2. The minimum absolute atomic E-state index is 0.194. The van der Waals surface area contributed by atoms with Crippen molar-refractivity contribution in [2.45, 2.75) is 12.5 Å². The Kier molecular flexibility index (Phi) is 5.03. The summed E-state index contributed by atoms with van der Waals surface area (Å²) < 4.78 is 31.5. The van der Waals surface area contributed by atoms with Gasteiger partial charge in [0.25, 0.3) is 0 Å². The van der Waals surface area contributed by atoms with Gasteiger partial charge < -0.3 is 4.74 Å². The molecule has 0 bridgehead atoms. The first kappa shape index (κ1) is 14.4. The molecule has 0 saturated carbocycles. The molecule has 1 atom stereocenters. The van der Waals surface area contributed by atoms with Crippen molar-refractivity contribution in [3.8, 4) is 5.75 Å². The van der Waals surface area contributed by atoms with Gasteiger partial charge in [-0.05, 0) is 36.2 Å². The fourth-order valence-corrected chi connectivity index (χ4v) is 1.83. The summed E-state index contributed by atoms with van der Waals surface area (Å²) in [7, 11) is 0. The van der Waals surface area contributed by atoms with Gasteiger partial charge in [0.15, 0.2) is 11.6 Å². The second kappa shape index (κ2) is 6.98. The van der Waals surface area contributed by atoms with Crippen LogP contribution in [-0.4, -0.2) is 12.6 Å². The van der Waals surface area contributed by atoms with Crippen molar-refractivity contribution in [3.63, 3.8) is 0 Å². The molecule has 0 aliphatic heterocycles. The lowest BCUT2D eigenvalue weighted by Crippen LogP contribution is -2.41. The predicted octanol–water partition coefficient (Wildman–Crippen LogP) is 2.42. The zero-order valence-corrected chi connectivity index (χ0v) is 10.9. The molecular weight excluding hydrogens is 262 g/mol. The average molecular weight is 278 g/mol. The Hall–Kier alpha value is -1.98. The molecule has 5 heteroatoms. The summed E-state index contributed by atoms with van der Waals surface area (Å²) >= 11 is 0.